The molecular weight excluding hydrogens is 268 g/mol. The summed E-state index contributed by atoms with van der Waals surface area (Å²) in [5, 5.41) is 7.60. The lowest BCUT2D eigenvalue weighted by Gasteiger charge is -2.15. The van der Waals surface area contributed by atoms with E-state index < -0.39 is 0 Å². The number of anilines is 3. The summed E-state index contributed by atoms with van der Waals surface area (Å²) >= 11 is 0. The highest BCUT2D eigenvalue weighted by Gasteiger charge is 2.23. The Morgan fingerprint density at radius 1 is 1.37 bits per heavy atom. The summed E-state index contributed by atoms with van der Waals surface area (Å²) in [6, 6.07) is 0.466. The van der Waals surface area contributed by atoms with Crippen molar-refractivity contribution < 1.29 is 4.84 Å². The van der Waals surface area contributed by atoms with Gasteiger partial charge in [0, 0.05) is 13.1 Å². The number of halogens is 1. The van der Waals surface area contributed by atoms with Crippen molar-refractivity contribution in [3.05, 3.63) is 0 Å². The van der Waals surface area contributed by atoms with Gasteiger partial charge in [-0.05, 0) is 12.8 Å². The third kappa shape index (κ3) is 4.43. The van der Waals surface area contributed by atoms with Gasteiger partial charge in [-0.2, -0.15) is 15.0 Å². The summed E-state index contributed by atoms with van der Waals surface area (Å²) in [5.74, 6) is 3.87. The summed E-state index contributed by atoms with van der Waals surface area (Å²) in [6.07, 6.45) is 7.49. The first-order valence-corrected chi connectivity index (χ1v) is 5.70. The number of nitrogens with zero attached hydrogens (tertiary/aromatic N) is 4. The van der Waals surface area contributed by atoms with Gasteiger partial charge in [0.1, 0.15) is 0 Å². The Hall–Kier alpha value is -1.78. The average molecular weight is 285 g/mol. The van der Waals surface area contributed by atoms with Crippen LogP contribution in [0.2, 0.25) is 0 Å². The molecule has 1 aliphatic rings. The summed E-state index contributed by atoms with van der Waals surface area (Å²) in [7, 11) is 3.27. The first-order valence-electron chi connectivity index (χ1n) is 5.70. The van der Waals surface area contributed by atoms with Crippen LogP contribution in [0.4, 0.5) is 17.8 Å². The van der Waals surface area contributed by atoms with E-state index in [0.29, 0.717) is 30.4 Å². The predicted octanol–water partition coefficient (Wildman–Crippen LogP) is 0.910. The molecule has 0 atom stereocenters. The molecule has 0 bridgehead atoms. The van der Waals surface area contributed by atoms with E-state index >= 15 is 0 Å². The van der Waals surface area contributed by atoms with Crippen LogP contribution in [0, 0.1) is 12.3 Å². The fraction of sp³-hybridized carbons (Fsp3) is 0.545. The van der Waals surface area contributed by atoms with Gasteiger partial charge in [0.05, 0.1) is 13.7 Å². The largest absolute Gasteiger partial charge is 0.351 e. The molecule has 1 fully saturated rings. The standard InChI is InChI=1S/C11H16N6O.ClH/c1-4-7-12-9-14-10(13-8-5-6-8)16-11(15-9)17(2)18-3;/h1,8H,5-7H2,2-3H3,(H2,12,13,14,15,16);1H. The SMILES string of the molecule is C#CCNc1nc(NC2CC2)nc(N(C)OC)n1.Cl. The maximum atomic E-state index is 5.19. The van der Waals surface area contributed by atoms with Crippen LogP contribution in [0.25, 0.3) is 0 Å². The lowest BCUT2D eigenvalue weighted by Crippen LogP contribution is -2.20. The van der Waals surface area contributed by atoms with E-state index in [4.69, 9.17) is 11.3 Å². The molecule has 0 radical (unpaired) electrons. The van der Waals surface area contributed by atoms with Crippen LogP contribution in [0.1, 0.15) is 12.8 Å². The van der Waals surface area contributed by atoms with Crippen molar-refractivity contribution in [2.75, 3.05) is 36.4 Å². The minimum atomic E-state index is 0. The topological polar surface area (TPSA) is 75.2 Å². The predicted molar refractivity (Wildman–Crippen MR) is 76.5 cm³/mol. The molecule has 2 rings (SSSR count). The van der Waals surface area contributed by atoms with Gasteiger partial charge in [-0.25, -0.2) is 5.06 Å². The van der Waals surface area contributed by atoms with Crippen molar-refractivity contribution in [3.8, 4) is 12.3 Å². The number of rotatable bonds is 6. The van der Waals surface area contributed by atoms with Crippen molar-refractivity contribution in [1.82, 2.24) is 15.0 Å². The first kappa shape index (κ1) is 15.3. The first-order chi connectivity index (χ1) is 8.72. The van der Waals surface area contributed by atoms with Gasteiger partial charge in [-0.15, -0.1) is 18.8 Å². The summed E-state index contributed by atoms with van der Waals surface area (Å²) in [4.78, 5) is 17.8. The highest BCUT2D eigenvalue weighted by molar-refractivity contribution is 5.85. The molecule has 0 spiro atoms. The van der Waals surface area contributed by atoms with Gasteiger partial charge >= 0.3 is 0 Å². The van der Waals surface area contributed by atoms with E-state index in [1.54, 1.807) is 14.2 Å². The Bertz CT molecular complexity index is 459. The Morgan fingerprint density at radius 2 is 2.05 bits per heavy atom. The zero-order chi connectivity index (χ0) is 13.0. The molecule has 2 N–H and O–H groups in total. The fourth-order valence-electron chi connectivity index (χ4n) is 1.27. The van der Waals surface area contributed by atoms with Gasteiger partial charge < -0.3 is 10.6 Å². The summed E-state index contributed by atoms with van der Waals surface area (Å²) in [5.41, 5.74) is 0. The van der Waals surface area contributed by atoms with Crippen LogP contribution < -0.4 is 15.7 Å². The molecule has 104 valence electrons. The molecular formula is C11H17ClN6O. The van der Waals surface area contributed by atoms with Crippen LogP contribution in [-0.2, 0) is 4.84 Å². The lowest BCUT2D eigenvalue weighted by atomic mass is 10.6. The van der Waals surface area contributed by atoms with Crippen molar-refractivity contribution in [2.45, 2.75) is 18.9 Å². The maximum absolute atomic E-state index is 5.19. The number of hydrogen-bond donors (Lipinski definition) is 2. The Labute approximate surface area is 118 Å². The van der Waals surface area contributed by atoms with Crippen molar-refractivity contribution in [1.29, 1.82) is 0 Å². The number of terminal acetylenes is 1. The van der Waals surface area contributed by atoms with Crippen LogP contribution in [0.5, 0.6) is 0 Å². The molecule has 1 saturated carbocycles. The zero-order valence-corrected chi connectivity index (χ0v) is 11.7. The van der Waals surface area contributed by atoms with Crippen molar-refractivity contribution in [2.24, 2.45) is 0 Å². The Kier molecular flexibility index (Phi) is 5.60. The van der Waals surface area contributed by atoms with E-state index in [1.807, 2.05) is 0 Å². The molecule has 1 aliphatic carbocycles. The second kappa shape index (κ2) is 6.97. The molecule has 1 aromatic rings. The quantitative estimate of drug-likeness (QED) is 0.594. The third-order valence-electron chi connectivity index (χ3n) is 2.44. The van der Waals surface area contributed by atoms with Gasteiger partial charge in [0.2, 0.25) is 11.9 Å². The Balaban J connectivity index is 0.00000180. The van der Waals surface area contributed by atoms with E-state index in [1.165, 1.54) is 5.06 Å². The highest BCUT2D eigenvalue weighted by atomic mass is 35.5. The number of nitrogens with one attached hydrogen (secondary N) is 2. The second-order valence-corrected chi connectivity index (χ2v) is 3.94. The molecule has 0 aliphatic heterocycles. The minimum absolute atomic E-state index is 0. The van der Waals surface area contributed by atoms with Crippen LogP contribution in [0.15, 0.2) is 0 Å². The van der Waals surface area contributed by atoms with Crippen molar-refractivity contribution >= 4 is 30.3 Å². The molecule has 1 aromatic heterocycles. The second-order valence-electron chi connectivity index (χ2n) is 3.94. The number of aromatic nitrogens is 3. The maximum Gasteiger partial charge on any atom is 0.256 e. The minimum Gasteiger partial charge on any atom is -0.351 e. The molecule has 1 heterocycles. The molecule has 0 unspecified atom stereocenters. The van der Waals surface area contributed by atoms with E-state index in [9.17, 15) is 0 Å². The number of hydroxylamine groups is 1. The highest BCUT2D eigenvalue weighted by Crippen LogP contribution is 2.24. The molecule has 0 amide bonds. The van der Waals surface area contributed by atoms with Gasteiger partial charge in [0.15, 0.2) is 0 Å². The Morgan fingerprint density at radius 3 is 2.63 bits per heavy atom. The normalized spacial score (nSPS) is 13.1. The van der Waals surface area contributed by atoms with E-state index in [2.05, 4.69) is 31.5 Å². The smallest absolute Gasteiger partial charge is 0.256 e. The fourth-order valence-corrected chi connectivity index (χ4v) is 1.27. The van der Waals surface area contributed by atoms with E-state index in [0.717, 1.165) is 12.8 Å². The molecule has 0 aromatic carbocycles. The van der Waals surface area contributed by atoms with Crippen LogP contribution in [0.3, 0.4) is 0 Å². The van der Waals surface area contributed by atoms with E-state index in [-0.39, 0.29) is 12.4 Å². The van der Waals surface area contributed by atoms with Gasteiger partial charge in [-0.3, -0.25) is 4.84 Å². The van der Waals surface area contributed by atoms with Crippen LogP contribution >= 0.6 is 12.4 Å². The monoisotopic (exact) mass is 284 g/mol. The molecule has 7 nitrogen and oxygen atoms in total. The summed E-state index contributed by atoms with van der Waals surface area (Å²) < 4.78 is 0. The lowest BCUT2D eigenvalue weighted by molar-refractivity contribution is 0.180. The molecule has 19 heavy (non-hydrogen) atoms. The third-order valence-corrected chi connectivity index (χ3v) is 2.44. The van der Waals surface area contributed by atoms with Gasteiger partial charge in [-0.1, -0.05) is 5.92 Å². The van der Waals surface area contributed by atoms with Crippen LogP contribution in [-0.4, -0.2) is 41.7 Å². The van der Waals surface area contributed by atoms with Crippen molar-refractivity contribution in [3.63, 3.8) is 0 Å². The summed E-state index contributed by atoms with van der Waals surface area (Å²) in [6.45, 7) is 0.364. The molecule has 8 heteroatoms. The average Bonchev–Trinajstić information content (AvgIpc) is 3.19. The van der Waals surface area contributed by atoms with Gasteiger partial charge in [0.25, 0.3) is 5.95 Å². The zero-order valence-electron chi connectivity index (χ0n) is 10.9. The number of hydrogen-bond acceptors (Lipinski definition) is 7. The molecule has 0 saturated heterocycles.